The van der Waals surface area contributed by atoms with Crippen molar-refractivity contribution in [1.82, 2.24) is 4.72 Å². The molecule has 0 aliphatic rings. The van der Waals surface area contributed by atoms with E-state index in [-0.39, 0.29) is 0 Å². The molecule has 1 N–H and O–H groups in total. The Hall–Kier alpha value is -0.520. The molecule has 18 heavy (non-hydrogen) atoms. The lowest BCUT2D eigenvalue weighted by atomic mass is 10.2. The third kappa shape index (κ3) is 5.00. The molecule has 0 unspecified atom stereocenters. The minimum atomic E-state index is -3.34. The van der Waals surface area contributed by atoms with E-state index in [2.05, 4.69) is 11.0 Å². The maximum atomic E-state index is 12.0. The van der Waals surface area contributed by atoms with E-state index in [1.165, 1.54) is 0 Å². The SMILES string of the molecule is CSCCCCCNS(=O)(=O)c1ccccc1C. The van der Waals surface area contributed by atoms with Gasteiger partial charge in [-0.1, -0.05) is 24.6 Å². The van der Waals surface area contributed by atoms with Crippen molar-refractivity contribution in [2.75, 3.05) is 18.6 Å². The third-order valence-electron chi connectivity index (χ3n) is 2.70. The molecule has 3 nitrogen and oxygen atoms in total. The summed E-state index contributed by atoms with van der Waals surface area (Å²) in [5.74, 6) is 1.14. The number of aryl methyl sites for hydroxylation is 1. The van der Waals surface area contributed by atoms with Gasteiger partial charge in [0.15, 0.2) is 0 Å². The van der Waals surface area contributed by atoms with E-state index in [1.54, 1.807) is 12.1 Å². The van der Waals surface area contributed by atoms with Gasteiger partial charge in [0.25, 0.3) is 0 Å². The fourth-order valence-electron chi connectivity index (χ4n) is 1.69. The van der Waals surface area contributed by atoms with E-state index in [0.29, 0.717) is 11.4 Å². The highest BCUT2D eigenvalue weighted by molar-refractivity contribution is 7.98. The fraction of sp³-hybridized carbons (Fsp3) is 0.538. The number of hydrogen-bond acceptors (Lipinski definition) is 3. The molecule has 1 aromatic carbocycles. The first-order chi connectivity index (χ1) is 8.58. The quantitative estimate of drug-likeness (QED) is 0.748. The second-order valence-electron chi connectivity index (χ2n) is 4.22. The molecular weight excluding hydrogens is 266 g/mol. The lowest BCUT2D eigenvalue weighted by Crippen LogP contribution is -2.25. The molecule has 0 heterocycles. The van der Waals surface area contributed by atoms with E-state index in [4.69, 9.17) is 0 Å². The molecular formula is C13H21NO2S2. The minimum absolute atomic E-state index is 0.383. The van der Waals surface area contributed by atoms with Crippen LogP contribution in [0.4, 0.5) is 0 Å². The van der Waals surface area contributed by atoms with Gasteiger partial charge in [0.2, 0.25) is 10.0 Å². The zero-order chi connectivity index (χ0) is 13.4. The number of hydrogen-bond donors (Lipinski definition) is 1. The third-order valence-corrected chi connectivity index (χ3v) is 5.02. The van der Waals surface area contributed by atoms with Gasteiger partial charge in [0.05, 0.1) is 4.90 Å². The van der Waals surface area contributed by atoms with Gasteiger partial charge in [0.1, 0.15) is 0 Å². The largest absolute Gasteiger partial charge is 0.240 e. The molecule has 0 saturated carbocycles. The van der Waals surface area contributed by atoms with Crippen LogP contribution in [0.15, 0.2) is 29.2 Å². The summed E-state index contributed by atoms with van der Waals surface area (Å²) in [5.41, 5.74) is 0.785. The number of benzene rings is 1. The Morgan fingerprint density at radius 1 is 1.17 bits per heavy atom. The molecule has 0 radical (unpaired) electrons. The summed E-state index contributed by atoms with van der Waals surface area (Å²) in [6.45, 7) is 2.33. The van der Waals surface area contributed by atoms with E-state index in [1.807, 2.05) is 30.8 Å². The zero-order valence-electron chi connectivity index (χ0n) is 11.0. The van der Waals surface area contributed by atoms with Crippen LogP contribution in [-0.4, -0.2) is 27.0 Å². The molecule has 102 valence electrons. The number of unbranched alkanes of at least 4 members (excludes halogenated alkanes) is 2. The van der Waals surface area contributed by atoms with Gasteiger partial charge < -0.3 is 0 Å². The smallest absolute Gasteiger partial charge is 0.211 e. The monoisotopic (exact) mass is 287 g/mol. The van der Waals surface area contributed by atoms with Crippen LogP contribution < -0.4 is 4.72 Å². The van der Waals surface area contributed by atoms with Crippen molar-refractivity contribution in [1.29, 1.82) is 0 Å². The van der Waals surface area contributed by atoms with Gasteiger partial charge in [0, 0.05) is 6.54 Å². The first-order valence-electron chi connectivity index (χ1n) is 6.12. The van der Waals surface area contributed by atoms with Gasteiger partial charge in [-0.2, -0.15) is 11.8 Å². The Bertz CT molecular complexity index is 458. The van der Waals surface area contributed by atoms with Crippen LogP contribution in [0.25, 0.3) is 0 Å². The summed E-state index contributed by atoms with van der Waals surface area (Å²) in [4.78, 5) is 0.383. The average molecular weight is 287 g/mol. The van der Waals surface area contributed by atoms with Crippen LogP contribution in [0.5, 0.6) is 0 Å². The van der Waals surface area contributed by atoms with E-state index in [9.17, 15) is 8.42 Å². The Balaban J connectivity index is 2.44. The second-order valence-corrected chi connectivity index (χ2v) is 6.94. The second kappa shape index (κ2) is 7.81. The number of rotatable bonds is 8. The van der Waals surface area contributed by atoms with Crippen LogP contribution in [0.2, 0.25) is 0 Å². The molecule has 1 rings (SSSR count). The van der Waals surface area contributed by atoms with E-state index < -0.39 is 10.0 Å². The molecule has 5 heteroatoms. The van der Waals surface area contributed by atoms with Crippen LogP contribution in [0.3, 0.4) is 0 Å². The van der Waals surface area contributed by atoms with Gasteiger partial charge in [-0.25, -0.2) is 13.1 Å². The highest BCUT2D eigenvalue weighted by atomic mass is 32.2. The number of thioether (sulfide) groups is 1. The van der Waals surface area contributed by atoms with Gasteiger partial charge >= 0.3 is 0 Å². The summed E-state index contributed by atoms with van der Waals surface area (Å²) < 4.78 is 26.7. The Labute approximate surface area is 114 Å². The topological polar surface area (TPSA) is 46.2 Å². The molecule has 0 aliphatic heterocycles. The molecule has 0 spiro atoms. The molecule has 0 fully saturated rings. The Morgan fingerprint density at radius 2 is 1.89 bits per heavy atom. The fourth-order valence-corrected chi connectivity index (χ4v) is 3.50. The van der Waals surface area contributed by atoms with Crippen LogP contribution in [-0.2, 0) is 10.0 Å². The van der Waals surface area contributed by atoms with Gasteiger partial charge in [-0.3, -0.25) is 0 Å². The first-order valence-corrected chi connectivity index (χ1v) is 9.00. The van der Waals surface area contributed by atoms with Crippen molar-refractivity contribution >= 4 is 21.8 Å². The number of nitrogens with one attached hydrogen (secondary N) is 1. The van der Waals surface area contributed by atoms with E-state index in [0.717, 1.165) is 30.6 Å². The summed E-state index contributed by atoms with van der Waals surface area (Å²) in [6, 6.07) is 7.05. The highest BCUT2D eigenvalue weighted by Crippen LogP contribution is 2.13. The van der Waals surface area contributed by atoms with Crippen LogP contribution in [0.1, 0.15) is 24.8 Å². The molecule has 0 atom stereocenters. The average Bonchev–Trinajstić information content (AvgIpc) is 2.34. The summed E-state index contributed by atoms with van der Waals surface area (Å²) >= 11 is 1.83. The van der Waals surface area contributed by atoms with Crippen molar-refractivity contribution in [3.05, 3.63) is 29.8 Å². The van der Waals surface area contributed by atoms with Gasteiger partial charge in [-0.05, 0) is 43.4 Å². The van der Waals surface area contributed by atoms with Crippen molar-refractivity contribution in [3.8, 4) is 0 Å². The van der Waals surface area contributed by atoms with Crippen molar-refractivity contribution in [2.24, 2.45) is 0 Å². The molecule has 0 aromatic heterocycles. The lowest BCUT2D eigenvalue weighted by molar-refractivity contribution is 0.575. The standard InChI is InChI=1S/C13H21NO2S2/c1-12-8-4-5-9-13(12)18(15,16)14-10-6-3-7-11-17-2/h4-5,8-9,14H,3,6-7,10-11H2,1-2H3. The number of sulfonamides is 1. The predicted octanol–water partition coefficient (Wildman–Crippen LogP) is 2.81. The lowest BCUT2D eigenvalue weighted by Gasteiger charge is -2.08. The molecule has 0 saturated heterocycles. The maximum Gasteiger partial charge on any atom is 0.240 e. The normalized spacial score (nSPS) is 11.7. The predicted molar refractivity (Wildman–Crippen MR) is 78.6 cm³/mol. The van der Waals surface area contributed by atoms with Crippen molar-refractivity contribution < 1.29 is 8.42 Å². The molecule has 1 aromatic rings. The minimum Gasteiger partial charge on any atom is -0.211 e. The molecule has 0 aliphatic carbocycles. The molecule has 0 bridgehead atoms. The summed E-state index contributed by atoms with van der Waals surface area (Å²) in [5, 5.41) is 0. The maximum absolute atomic E-state index is 12.0. The molecule has 0 amide bonds. The summed E-state index contributed by atoms with van der Waals surface area (Å²) in [7, 11) is -3.34. The van der Waals surface area contributed by atoms with Crippen LogP contribution >= 0.6 is 11.8 Å². The highest BCUT2D eigenvalue weighted by Gasteiger charge is 2.14. The first kappa shape index (κ1) is 15.5. The Kier molecular flexibility index (Phi) is 6.75. The summed E-state index contributed by atoms with van der Waals surface area (Å²) in [6.07, 6.45) is 5.19. The van der Waals surface area contributed by atoms with Crippen molar-refractivity contribution in [3.63, 3.8) is 0 Å². The van der Waals surface area contributed by atoms with E-state index >= 15 is 0 Å². The van der Waals surface area contributed by atoms with Gasteiger partial charge in [-0.15, -0.1) is 0 Å². The zero-order valence-corrected chi connectivity index (χ0v) is 12.6. The Morgan fingerprint density at radius 3 is 2.56 bits per heavy atom. The van der Waals surface area contributed by atoms with Crippen molar-refractivity contribution in [2.45, 2.75) is 31.1 Å². The van der Waals surface area contributed by atoms with Crippen LogP contribution in [0, 0.1) is 6.92 Å².